The Morgan fingerprint density at radius 2 is 1.76 bits per heavy atom. The molecule has 0 spiro atoms. The molecule has 1 aromatic rings. The maximum Gasteiger partial charge on any atom is 0.0642 e. The third-order valence-electron chi connectivity index (χ3n) is 3.84. The van der Waals surface area contributed by atoms with E-state index in [-0.39, 0.29) is 6.04 Å². The normalized spacial score (nSPS) is 13.0. The highest BCUT2D eigenvalue weighted by atomic mass is 35.5. The summed E-state index contributed by atoms with van der Waals surface area (Å²) < 4.78 is 0. The predicted molar refractivity (Wildman–Crippen MR) is 95.4 cm³/mol. The molecular formula is C18H31ClN2. The number of rotatable bonds is 8. The molecule has 0 aliphatic rings. The minimum atomic E-state index is 0.143. The van der Waals surface area contributed by atoms with Crippen molar-refractivity contribution in [3.63, 3.8) is 0 Å². The van der Waals surface area contributed by atoms with Gasteiger partial charge in [0, 0.05) is 18.6 Å². The summed E-state index contributed by atoms with van der Waals surface area (Å²) in [6, 6.07) is 6.87. The van der Waals surface area contributed by atoms with Gasteiger partial charge in [0.2, 0.25) is 0 Å². The number of para-hydroxylation sites is 1. The summed E-state index contributed by atoms with van der Waals surface area (Å²) in [6.45, 7) is 12.1. The molecule has 0 aliphatic heterocycles. The molecule has 0 amide bonds. The fraction of sp³-hybridized carbons (Fsp3) is 0.667. The molecule has 0 bridgehead atoms. The van der Waals surface area contributed by atoms with E-state index in [4.69, 9.17) is 17.3 Å². The summed E-state index contributed by atoms with van der Waals surface area (Å²) in [6.07, 6.45) is 3.13. The smallest absolute Gasteiger partial charge is 0.0642 e. The van der Waals surface area contributed by atoms with Gasteiger partial charge in [-0.15, -0.1) is 0 Å². The van der Waals surface area contributed by atoms with Gasteiger partial charge in [-0.05, 0) is 43.7 Å². The van der Waals surface area contributed by atoms with E-state index in [1.54, 1.807) is 0 Å². The highest BCUT2D eigenvalue weighted by molar-refractivity contribution is 6.33. The van der Waals surface area contributed by atoms with Crippen molar-refractivity contribution in [2.75, 3.05) is 11.4 Å². The van der Waals surface area contributed by atoms with Crippen LogP contribution < -0.4 is 10.6 Å². The molecule has 1 unspecified atom stereocenters. The number of nitrogens with two attached hydrogens (primary N) is 1. The van der Waals surface area contributed by atoms with Crippen LogP contribution >= 0.6 is 11.6 Å². The zero-order chi connectivity index (χ0) is 16.0. The number of benzene rings is 1. The molecule has 0 fully saturated rings. The second-order valence-electron chi connectivity index (χ2n) is 6.45. The van der Waals surface area contributed by atoms with Crippen LogP contribution in [0.15, 0.2) is 18.2 Å². The lowest BCUT2D eigenvalue weighted by Crippen LogP contribution is -2.38. The van der Waals surface area contributed by atoms with Crippen LogP contribution in [0.5, 0.6) is 0 Å². The topological polar surface area (TPSA) is 29.3 Å². The lowest BCUT2D eigenvalue weighted by Gasteiger charge is -2.36. The van der Waals surface area contributed by atoms with Crippen LogP contribution in [-0.4, -0.2) is 18.6 Å². The summed E-state index contributed by atoms with van der Waals surface area (Å²) in [7, 11) is 0. The molecule has 1 aromatic carbocycles. The molecule has 2 nitrogen and oxygen atoms in total. The van der Waals surface area contributed by atoms with Gasteiger partial charge in [0.1, 0.15) is 0 Å². The molecule has 0 heterocycles. The minimum absolute atomic E-state index is 0.143. The summed E-state index contributed by atoms with van der Waals surface area (Å²) in [5.74, 6) is 0.602. The Kier molecular flexibility index (Phi) is 7.55. The van der Waals surface area contributed by atoms with Gasteiger partial charge in [-0.1, -0.05) is 51.4 Å². The molecular weight excluding hydrogens is 280 g/mol. The monoisotopic (exact) mass is 310 g/mol. The van der Waals surface area contributed by atoms with Crippen molar-refractivity contribution in [3.8, 4) is 0 Å². The third-order valence-corrected chi connectivity index (χ3v) is 4.15. The van der Waals surface area contributed by atoms with Crippen molar-refractivity contribution in [2.45, 2.75) is 66.0 Å². The van der Waals surface area contributed by atoms with Gasteiger partial charge in [-0.2, -0.15) is 0 Å². The molecule has 2 N–H and O–H groups in total. The first-order chi connectivity index (χ1) is 9.90. The quantitative estimate of drug-likeness (QED) is 0.741. The maximum absolute atomic E-state index is 6.57. The zero-order valence-corrected chi connectivity index (χ0v) is 15.0. The van der Waals surface area contributed by atoms with Crippen molar-refractivity contribution in [3.05, 3.63) is 28.8 Å². The lowest BCUT2D eigenvalue weighted by atomic mass is 10.0. The number of nitrogens with zero attached hydrogens (tertiary/aromatic N) is 1. The van der Waals surface area contributed by atoms with Crippen LogP contribution in [0.4, 0.5) is 5.69 Å². The van der Waals surface area contributed by atoms with Crippen LogP contribution in [0.1, 0.15) is 53.0 Å². The fourth-order valence-electron chi connectivity index (χ4n) is 2.94. The first-order valence-corrected chi connectivity index (χ1v) is 8.58. The van der Waals surface area contributed by atoms with Crippen molar-refractivity contribution < 1.29 is 0 Å². The Morgan fingerprint density at radius 3 is 2.24 bits per heavy atom. The van der Waals surface area contributed by atoms with Crippen LogP contribution in [0.3, 0.4) is 0 Å². The molecule has 120 valence electrons. The van der Waals surface area contributed by atoms with Crippen molar-refractivity contribution in [2.24, 2.45) is 11.7 Å². The molecule has 1 atom stereocenters. The molecule has 21 heavy (non-hydrogen) atoms. The Balaban J connectivity index is 3.27. The van der Waals surface area contributed by atoms with Gasteiger partial charge in [0.25, 0.3) is 0 Å². The van der Waals surface area contributed by atoms with Crippen molar-refractivity contribution >= 4 is 17.3 Å². The van der Waals surface area contributed by atoms with Crippen LogP contribution in [0, 0.1) is 5.92 Å². The number of halogens is 1. The number of anilines is 1. The Bertz CT molecular complexity index is 425. The van der Waals surface area contributed by atoms with Crippen molar-refractivity contribution in [1.29, 1.82) is 0 Å². The summed E-state index contributed by atoms with van der Waals surface area (Å²) in [5.41, 5.74) is 8.49. The Morgan fingerprint density at radius 1 is 1.14 bits per heavy atom. The lowest BCUT2D eigenvalue weighted by molar-refractivity contribution is 0.505. The highest BCUT2D eigenvalue weighted by Crippen LogP contribution is 2.34. The second-order valence-corrected chi connectivity index (χ2v) is 6.85. The van der Waals surface area contributed by atoms with E-state index < -0.39 is 0 Å². The number of hydrogen-bond donors (Lipinski definition) is 1. The predicted octanol–water partition coefficient (Wildman–Crippen LogP) is 4.88. The van der Waals surface area contributed by atoms with E-state index in [1.807, 2.05) is 12.1 Å². The van der Waals surface area contributed by atoms with Crippen molar-refractivity contribution in [1.82, 2.24) is 0 Å². The molecule has 0 saturated carbocycles. The van der Waals surface area contributed by atoms with E-state index in [0.29, 0.717) is 12.0 Å². The average Bonchev–Trinajstić information content (AvgIpc) is 2.38. The van der Waals surface area contributed by atoms with E-state index >= 15 is 0 Å². The van der Waals surface area contributed by atoms with Crippen LogP contribution in [0.25, 0.3) is 0 Å². The molecule has 0 radical (unpaired) electrons. The first kappa shape index (κ1) is 18.3. The van der Waals surface area contributed by atoms with E-state index in [0.717, 1.165) is 30.8 Å². The Labute approximate surface area is 135 Å². The highest BCUT2D eigenvalue weighted by Gasteiger charge is 2.22. The zero-order valence-electron chi connectivity index (χ0n) is 14.2. The van der Waals surface area contributed by atoms with Gasteiger partial charge in [0.15, 0.2) is 0 Å². The third kappa shape index (κ3) is 5.19. The molecule has 3 heteroatoms. The van der Waals surface area contributed by atoms with Crippen LogP contribution in [-0.2, 0) is 6.42 Å². The van der Waals surface area contributed by atoms with Gasteiger partial charge in [-0.3, -0.25) is 0 Å². The first-order valence-electron chi connectivity index (χ1n) is 8.20. The number of hydrogen-bond acceptors (Lipinski definition) is 2. The van der Waals surface area contributed by atoms with Gasteiger partial charge in [-0.25, -0.2) is 0 Å². The summed E-state index contributed by atoms with van der Waals surface area (Å²) in [4.78, 5) is 2.50. The average molecular weight is 311 g/mol. The fourth-order valence-corrected chi connectivity index (χ4v) is 3.24. The van der Waals surface area contributed by atoms with Gasteiger partial charge in [0.05, 0.1) is 10.7 Å². The van der Waals surface area contributed by atoms with E-state index in [1.165, 1.54) is 11.3 Å². The minimum Gasteiger partial charge on any atom is -0.367 e. The second kappa shape index (κ2) is 8.65. The molecule has 0 saturated heterocycles. The van der Waals surface area contributed by atoms with Crippen LogP contribution in [0.2, 0.25) is 5.02 Å². The standard InChI is InChI=1S/C18H31ClN2/c1-6-16(7-2)21(12-13(3)4)18-15(11-14(5)20)9-8-10-17(18)19/h8-10,13-14,16H,6-7,11-12,20H2,1-5H3. The van der Waals surface area contributed by atoms with E-state index in [9.17, 15) is 0 Å². The van der Waals surface area contributed by atoms with E-state index in [2.05, 4.69) is 45.6 Å². The largest absolute Gasteiger partial charge is 0.367 e. The van der Waals surface area contributed by atoms with Gasteiger partial charge >= 0.3 is 0 Å². The molecule has 0 aromatic heterocycles. The summed E-state index contributed by atoms with van der Waals surface area (Å²) in [5, 5.41) is 0.848. The van der Waals surface area contributed by atoms with Gasteiger partial charge < -0.3 is 10.6 Å². The summed E-state index contributed by atoms with van der Waals surface area (Å²) >= 11 is 6.57. The molecule has 0 aliphatic carbocycles. The molecule has 1 rings (SSSR count). The SMILES string of the molecule is CCC(CC)N(CC(C)C)c1c(Cl)cccc1CC(C)N. The maximum atomic E-state index is 6.57. The Hall–Kier alpha value is -0.730.